The van der Waals surface area contributed by atoms with Crippen molar-refractivity contribution in [2.24, 2.45) is 5.73 Å². The second-order valence-electron chi connectivity index (χ2n) is 13.2. The van der Waals surface area contributed by atoms with E-state index in [4.69, 9.17) is 10.8 Å². The number of thiol groups is 3. The summed E-state index contributed by atoms with van der Waals surface area (Å²) in [5, 5.41) is 63.9. The number of nitrogens with zero attached hydrogens (tertiary/aromatic N) is 1. The number of amides is 8. The summed E-state index contributed by atoms with van der Waals surface area (Å²) in [5.74, 6) is -11.5. The van der Waals surface area contributed by atoms with Crippen molar-refractivity contribution in [3.05, 3.63) is 0 Å². The minimum absolute atomic E-state index is 0.118. The van der Waals surface area contributed by atoms with E-state index >= 15 is 0 Å². The number of carbonyl (C=O) groups excluding carboxylic acids is 8. The van der Waals surface area contributed by atoms with Gasteiger partial charge in [-0.05, 0) is 33.1 Å². The van der Waals surface area contributed by atoms with Crippen molar-refractivity contribution in [3.8, 4) is 0 Å². The fraction of sp³-hybridized carbons (Fsp3) is 0.688. The molecule has 0 aromatic rings. The Labute approximate surface area is 354 Å². The molecular formula is C32H53N9O15S3. The maximum Gasteiger partial charge on any atom is 0.326 e. The van der Waals surface area contributed by atoms with Gasteiger partial charge in [0.25, 0.3) is 0 Å². The first-order valence-electron chi connectivity index (χ1n) is 18.0. The lowest BCUT2D eigenvalue weighted by Gasteiger charge is -2.28. The van der Waals surface area contributed by atoms with Crippen LogP contribution in [0.3, 0.4) is 0 Å². The van der Waals surface area contributed by atoms with Crippen LogP contribution in [0.25, 0.3) is 0 Å². The first-order valence-corrected chi connectivity index (χ1v) is 19.9. The Hall–Kier alpha value is -4.41. The SMILES string of the molecule is C[C@H](NC(=O)[C@H](CO)NC(=O)[C@H](CCC(=O)O)NC(=O)[C@@H](NC(=O)[C@@H](N)CS)[C@@H](C)O)C(=O)N[C@@H](CS)C(=O)N[C@@H](CO)C(=O)N[C@@H](CS)C(=O)N1CCC[C@H]1C(=O)O. The van der Waals surface area contributed by atoms with Gasteiger partial charge in [-0.15, -0.1) is 0 Å². The summed E-state index contributed by atoms with van der Waals surface area (Å²) in [6.45, 7) is 0.397. The molecule has 1 aliphatic heterocycles. The summed E-state index contributed by atoms with van der Waals surface area (Å²) in [6.07, 6.45) is -2.11. The van der Waals surface area contributed by atoms with E-state index in [1.807, 2.05) is 0 Å². The zero-order valence-electron chi connectivity index (χ0n) is 32.0. The van der Waals surface area contributed by atoms with E-state index in [1.165, 1.54) is 0 Å². The summed E-state index contributed by atoms with van der Waals surface area (Å²) >= 11 is 12.0. The van der Waals surface area contributed by atoms with E-state index in [0.29, 0.717) is 6.42 Å². The Morgan fingerprint density at radius 3 is 1.59 bits per heavy atom. The van der Waals surface area contributed by atoms with Crippen molar-refractivity contribution in [2.45, 2.75) is 100 Å². The van der Waals surface area contributed by atoms with Gasteiger partial charge in [0, 0.05) is 30.2 Å². The number of aliphatic hydroxyl groups excluding tert-OH is 3. The first-order chi connectivity index (χ1) is 27.7. The fourth-order valence-electron chi connectivity index (χ4n) is 5.29. The Kier molecular flexibility index (Phi) is 23.1. The van der Waals surface area contributed by atoms with Gasteiger partial charge in [-0.2, -0.15) is 37.9 Å². The molecule has 0 aromatic heterocycles. The Morgan fingerprint density at radius 2 is 1.12 bits per heavy atom. The van der Waals surface area contributed by atoms with Gasteiger partial charge >= 0.3 is 11.9 Å². The number of carbonyl (C=O) groups is 10. The lowest BCUT2D eigenvalue weighted by Crippen LogP contribution is -2.61. The average molecular weight is 900 g/mol. The van der Waals surface area contributed by atoms with Crippen LogP contribution >= 0.6 is 37.9 Å². The van der Waals surface area contributed by atoms with Crippen LogP contribution in [-0.2, 0) is 47.9 Å². The van der Waals surface area contributed by atoms with E-state index < -0.39 is 146 Å². The highest BCUT2D eigenvalue weighted by Gasteiger charge is 2.39. The molecule has 0 saturated carbocycles. The third-order valence-corrected chi connectivity index (χ3v) is 9.82. The predicted molar refractivity (Wildman–Crippen MR) is 214 cm³/mol. The molecule has 1 saturated heterocycles. The summed E-state index contributed by atoms with van der Waals surface area (Å²) < 4.78 is 0. The highest BCUT2D eigenvalue weighted by molar-refractivity contribution is 7.80. The Bertz CT molecular complexity index is 1550. The van der Waals surface area contributed by atoms with Crippen LogP contribution in [0.15, 0.2) is 0 Å². The van der Waals surface area contributed by atoms with Crippen molar-refractivity contribution < 1.29 is 73.5 Å². The summed E-state index contributed by atoms with van der Waals surface area (Å²) in [7, 11) is 0. The van der Waals surface area contributed by atoms with Crippen molar-refractivity contribution in [1.29, 1.82) is 0 Å². The number of carboxylic acids is 2. The van der Waals surface area contributed by atoms with Gasteiger partial charge < -0.3 is 73.4 Å². The molecule has 0 aromatic carbocycles. The molecule has 1 rings (SSSR count). The van der Waals surface area contributed by atoms with Crippen molar-refractivity contribution in [1.82, 2.24) is 42.1 Å². The van der Waals surface area contributed by atoms with E-state index in [-0.39, 0.29) is 30.2 Å². The number of aliphatic hydroxyl groups is 3. The topological polar surface area (TPSA) is 385 Å². The molecule has 1 fully saturated rings. The lowest BCUT2D eigenvalue weighted by molar-refractivity contribution is -0.149. The van der Waals surface area contributed by atoms with Crippen molar-refractivity contribution in [3.63, 3.8) is 0 Å². The molecule has 14 N–H and O–H groups in total. The normalized spacial score (nSPS) is 18.2. The van der Waals surface area contributed by atoms with Gasteiger partial charge in [0.2, 0.25) is 47.3 Å². The van der Waals surface area contributed by atoms with Crippen LogP contribution in [0.2, 0.25) is 0 Å². The lowest BCUT2D eigenvalue weighted by atomic mass is 10.1. The number of aliphatic carboxylic acids is 2. The second kappa shape index (κ2) is 25.9. The zero-order chi connectivity index (χ0) is 45.1. The molecule has 59 heavy (non-hydrogen) atoms. The smallest absolute Gasteiger partial charge is 0.326 e. The summed E-state index contributed by atoms with van der Waals surface area (Å²) in [6, 6.07) is -13.3. The molecule has 0 unspecified atom stereocenters. The summed E-state index contributed by atoms with van der Waals surface area (Å²) in [5.41, 5.74) is 5.59. The van der Waals surface area contributed by atoms with Crippen LogP contribution in [0.5, 0.6) is 0 Å². The standard InChI is InChI=1S/C32H53N9O15S3/c1-13(24(47)38-19(11-58)29(52)37-18(9-43)28(51)39-20(12-59)31(54)41-7-3-4-21(41)32(55)56)34-27(50)17(8-42)36-26(49)16(5-6-22(45)46)35-30(53)23(14(2)44)40-25(48)15(33)10-57/h13-21,23,42-44,57-59H,3-12,33H2,1-2H3,(H,34,50)(H,35,53)(H,36,49)(H,37,52)(H,38,47)(H,39,51)(H,40,48)(H,45,46)(H,55,56)/t13-,14+,15-,16-,17-,18-,19-,20-,21-,23-/m0/s1. The first kappa shape index (κ1) is 52.6. The number of nitrogens with one attached hydrogen (secondary N) is 7. The number of carboxylic acid groups (broad SMARTS) is 2. The van der Waals surface area contributed by atoms with Crippen LogP contribution in [0, 0.1) is 0 Å². The Balaban J connectivity index is 2.95. The molecule has 8 amide bonds. The molecule has 1 heterocycles. The van der Waals surface area contributed by atoms with Crippen LogP contribution < -0.4 is 43.0 Å². The average Bonchev–Trinajstić information content (AvgIpc) is 3.70. The van der Waals surface area contributed by atoms with Gasteiger partial charge in [0.15, 0.2) is 0 Å². The van der Waals surface area contributed by atoms with Gasteiger partial charge in [0.1, 0.15) is 48.3 Å². The third kappa shape index (κ3) is 16.6. The zero-order valence-corrected chi connectivity index (χ0v) is 34.7. The van der Waals surface area contributed by atoms with Gasteiger partial charge in [-0.3, -0.25) is 43.2 Å². The highest BCUT2D eigenvalue weighted by atomic mass is 32.1. The number of rotatable bonds is 25. The molecule has 0 aliphatic carbocycles. The minimum atomic E-state index is -1.79. The minimum Gasteiger partial charge on any atom is -0.481 e. The van der Waals surface area contributed by atoms with E-state index in [0.717, 1.165) is 18.7 Å². The fourth-order valence-corrected chi connectivity index (χ4v) is 5.97. The maximum atomic E-state index is 13.2. The number of likely N-dealkylation sites (tertiary alicyclic amines) is 1. The van der Waals surface area contributed by atoms with Crippen LogP contribution in [-0.4, -0.2) is 187 Å². The molecule has 0 spiro atoms. The van der Waals surface area contributed by atoms with Gasteiger partial charge in [0.05, 0.1) is 25.4 Å². The third-order valence-electron chi connectivity index (χ3n) is 8.69. The molecule has 27 heteroatoms. The van der Waals surface area contributed by atoms with Gasteiger partial charge in [-0.1, -0.05) is 0 Å². The number of hydrogen-bond acceptors (Lipinski definition) is 17. The maximum absolute atomic E-state index is 13.2. The molecule has 0 bridgehead atoms. The second-order valence-corrected chi connectivity index (χ2v) is 14.3. The monoisotopic (exact) mass is 899 g/mol. The summed E-state index contributed by atoms with van der Waals surface area (Å²) in [4.78, 5) is 127. The van der Waals surface area contributed by atoms with E-state index in [2.05, 4.69) is 75.1 Å². The molecule has 10 atom stereocenters. The van der Waals surface area contributed by atoms with Crippen molar-refractivity contribution >= 4 is 97.1 Å². The van der Waals surface area contributed by atoms with Crippen molar-refractivity contribution in [2.75, 3.05) is 37.0 Å². The largest absolute Gasteiger partial charge is 0.481 e. The number of nitrogens with two attached hydrogens (primary N) is 1. The van der Waals surface area contributed by atoms with Gasteiger partial charge in [-0.25, -0.2) is 4.79 Å². The predicted octanol–water partition coefficient (Wildman–Crippen LogP) is -7.18. The molecule has 24 nitrogen and oxygen atoms in total. The quantitative estimate of drug-likeness (QED) is 0.0379. The molecular weight excluding hydrogens is 847 g/mol. The molecule has 0 radical (unpaired) electrons. The van der Waals surface area contributed by atoms with E-state index in [1.54, 1.807) is 0 Å². The molecule has 334 valence electrons. The molecule has 1 aliphatic rings. The number of hydrogen-bond donors (Lipinski definition) is 16. The van der Waals surface area contributed by atoms with Crippen LogP contribution in [0.4, 0.5) is 0 Å². The van der Waals surface area contributed by atoms with Crippen LogP contribution in [0.1, 0.15) is 39.5 Å². The van der Waals surface area contributed by atoms with E-state index in [9.17, 15) is 68.4 Å². The Morgan fingerprint density at radius 1 is 0.644 bits per heavy atom. The highest BCUT2D eigenvalue weighted by Crippen LogP contribution is 2.19.